The normalized spacial score (nSPS) is 17.4. The minimum absolute atomic E-state index is 0.0569. The number of rotatable bonds is 5. The van der Waals surface area contributed by atoms with E-state index in [-0.39, 0.29) is 5.41 Å². The van der Waals surface area contributed by atoms with Crippen LogP contribution in [0.1, 0.15) is 25.7 Å². The molecule has 104 valence electrons. The van der Waals surface area contributed by atoms with Gasteiger partial charge in [0, 0.05) is 17.5 Å². The molecular formula is C13H16FNO3S. The fourth-order valence-electron chi connectivity index (χ4n) is 2.43. The Labute approximate surface area is 116 Å². The molecule has 0 amide bonds. The van der Waals surface area contributed by atoms with E-state index in [1.54, 1.807) is 0 Å². The third-order valence-corrected chi connectivity index (χ3v) is 4.33. The van der Waals surface area contributed by atoms with Crippen LogP contribution in [-0.4, -0.2) is 17.3 Å². The molecule has 19 heavy (non-hydrogen) atoms. The Balaban J connectivity index is 2.03. The first kappa shape index (κ1) is 14.1. The van der Waals surface area contributed by atoms with Gasteiger partial charge in [0.2, 0.25) is 5.82 Å². The lowest BCUT2D eigenvalue weighted by Gasteiger charge is -2.26. The van der Waals surface area contributed by atoms with Crippen LogP contribution in [0, 0.1) is 21.3 Å². The molecule has 0 spiro atoms. The van der Waals surface area contributed by atoms with Crippen molar-refractivity contribution < 1.29 is 14.1 Å². The molecule has 1 saturated carbocycles. The number of thiol groups is 1. The number of nitro benzene ring substituents is 1. The van der Waals surface area contributed by atoms with E-state index in [0.29, 0.717) is 12.4 Å². The van der Waals surface area contributed by atoms with Crippen LogP contribution in [0.25, 0.3) is 0 Å². The molecule has 0 saturated heterocycles. The second-order valence-electron chi connectivity index (χ2n) is 5.02. The summed E-state index contributed by atoms with van der Waals surface area (Å²) in [5, 5.41) is 10.5. The lowest BCUT2D eigenvalue weighted by molar-refractivity contribution is -0.387. The van der Waals surface area contributed by atoms with Crippen LogP contribution in [0.5, 0.6) is 5.75 Å². The highest BCUT2D eigenvalue weighted by Crippen LogP contribution is 2.39. The van der Waals surface area contributed by atoms with Gasteiger partial charge in [-0.25, -0.2) is 0 Å². The topological polar surface area (TPSA) is 52.4 Å². The summed E-state index contributed by atoms with van der Waals surface area (Å²) in [6.07, 6.45) is 4.45. The third kappa shape index (κ3) is 3.18. The third-order valence-electron chi connectivity index (χ3n) is 3.66. The van der Waals surface area contributed by atoms with Crippen LogP contribution in [0.15, 0.2) is 18.2 Å². The van der Waals surface area contributed by atoms with Crippen LogP contribution >= 0.6 is 12.6 Å². The van der Waals surface area contributed by atoms with E-state index in [9.17, 15) is 14.5 Å². The SMILES string of the molecule is O=[N+]([O-])c1ccc(OCC2(CS)CCCC2)cc1F. The van der Waals surface area contributed by atoms with Crippen LogP contribution in [-0.2, 0) is 0 Å². The average molecular weight is 285 g/mol. The zero-order chi connectivity index (χ0) is 13.9. The minimum atomic E-state index is -0.867. The zero-order valence-corrected chi connectivity index (χ0v) is 11.4. The van der Waals surface area contributed by atoms with Gasteiger partial charge in [0.1, 0.15) is 5.75 Å². The van der Waals surface area contributed by atoms with Crippen LogP contribution in [0.4, 0.5) is 10.1 Å². The molecular weight excluding hydrogens is 269 g/mol. The van der Waals surface area contributed by atoms with Crippen molar-refractivity contribution in [3.63, 3.8) is 0 Å². The molecule has 2 rings (SSSR count). The highest BCUT2D eigenvalue weighted by molar-refractivity contribution is 7.80. The van der Waals surface area contributed by atoms with E-state index in [4.69, 9.17) is 4.74 Å². The summed E-state index contributed by atoms with van der Waals surface area (Å²) >= 11 is 4.37. The highest BCUT2D eigenvalue weighted by atomic mass is 32.1. The van der Waals surface area contributed by atoms with E-state index in [1.165, 1.54) is 18.9 Å². The van der Waals surface area contributed by atoms with Crippen molar-refractivity contribution in [1.29, 1.82) is 0 Å². The van der Waals surface area contributed by atoms with Gasteiger partial charge in [-0.2, -0.15) is 17.0 Å². The summed E-state index contributed by atoms with van der Waals surface area (Å²) in [4.78, 5) is 9.77. The molecule has 1 fully saturated rings. The summed E-state index contributed by atoms with van der Waals surface area (Å²) in [5.41, 5.74) is -0.474. The van der Waals surface area contributed by atoms with Gasteiger partial charge < -0.3 is 4.74 Å². The van der Waals surface area contributed by atoms with Gasteiger partial charge in [0.15, 0.2) is 0 Å². The molecule has 0 heterocycles. The molecule has 1 aromatic carbocycles. The van der Waals surface area contributed by atoms with Crippen LogP contribution in [0.3, 0.4) is 0 Å². The van der Waals surface area contributed by atoms with Crippen molar-refractivity contribution >= 4 is 18.3 Å². The zero-order valence-electron chi connectivity index (χ0n) is 10.5. The maximum absolute atomic E-state index is 13.4. The fraction of sp³-hybridized carbons (Fsp3) is 0.538. The first-order valence-corrected chi connectivity index (χ1v) is 6.87. The Bertz CT molecular complexity index is 475. The quantitative estimate of drug-likeness (QED) is 0.511. The number of ether oxygens (including phenoxy) is 1. The number of benzene rings is 1. The highest BCUT2D eigenvalue weighted by Gasteiger charge is 2.33. The Kier molecular flexibility index (Phi) is 4.29. The Morgan fingerprint density at radius 3 is 2.63 bits per heavy atom. The molecule has 0 N–H and O–H groups in total. The summed E-state index contributed by atoms with van der Waals surface area (Å²) in [5.74, 6) is 0.202. The maximum atomic E-state index is 13.4. The van der Waals surface area contributed by atoms with Crippen molar-refractivity contribution in [1.82, 2.24) is 0 Å². The molecule has 0 radical (unpaired) electrons. The fourth-order valence-corrected chi connectivity index (χ4v) is 2.84. The molecule has 4 nitrogen and oxygen atoms in total. The number of nitro groups is 1. The lowest BCUT2D eigenvalue weighted by atomic mass is 9.90. The Hall–Kier alpha value is -1.30. The maximum Gasteiger partial charge on any atom is 0.305 e. The molecule has 1 aliphatic rings. The molecule has 6 heteroatoms. The predicted molar refractivity (Wildman–Crippen MR) is 73.3 cm³/mol. The number of nitrogens with zero attached hydrogens (tertiary/aromatic N) is 1. The molecule has 1 aromatic rings. The summed E-state index contributed by atoms with van der Waals surface area (Å²) in [6.45, 7) is 0.480. The van der Waals surface area contributed by atoms with Gasteiger partial charge in [0.05, 0.1) is 11.5 Å². The van der Waals surface area contributed by atoms with Gasteiger partial charge >= 0.3 is 5.69 Å². The van der Waals surface area contributed by atoms with Crippen molar-refractivity contribution in [3.8, 4) is 5.75 Å². The van der Waals surface area contributed by atoms with Crippen molar-refractivity contribution in [2.24, 2.45) is 5.41 Å². The van der Waals surface area contributed by atoms with Crippen molar-refractivity contribution in [2.75, 3.05) is 12.4 Å². The summed E-state index contributed by atoms with van der Waals surface area (Å²) in [6, 6.07) is 3.63. The number of hydrogen-bond acceptors (Lipinski definition) is 4. The first-order valence-electron chi connectivity index (χ1n) is 6.24. The Morgan fingerprint density at radius 2 is 2.11 bits per heavy atom. The second-order valence-corrected chi connectivity index (χ2v) is 5.34. The van der Waals surface area contributed by atoms with E-state index in [2.05, 4.69) is 12.6 Å². The van der Waals surface area contributed by atoms with Gasteiger partial charge in [0.25, 0.3) is 0 Å². The molecule has 0 aliphatic heterocycles. The molecule has 0 unspecified atom stereocenters. The summed E-state index contributed by atoms with van der Waals surface area (Å²) in [7, 11) is 0. The predicted octanol–water partition coefficient (Wildman–Crippen LogP) is 3.60. The van der Waals surface area contributed by atoms with Gasteiger partial charge in [-0.05, 0) is 24.7 Å². The number of halogens is 1. The van der Waals surface area contributed by atoms with Gasteiger partial charge in [-0.15, -0.1) is 0 Å². The van der Waals surface area contributed by atoms with E-state index >= 15 is 0 Å². The molecule has 0 bridgehead atoms. The van der Waals surface area contributed by atoms with Crippen LogP contribution in [0.2, 0.25) is 0 Å². The monoisotopic (exact) mass is 285 g/mol. The molecule has 0 aromatic heterocycles. The van der Waals surface area contributed by atoms with Gasteiger partial charge in [-0.1, -0.05) is 12.8 Å². The van der Waals surface area contributed by atoms with Crippen LogP contribution < -0.4 is 4.74 Å². The smallest absolute Gasteiger partial charge is 0.305 e. The van der Waals surface area contributed by atoms with E-state index in [0.717, 1.165) is 30.7 Å². The largest absolute Gasteiger partial charge is 0.493 e. The Morgan fingerprint density at radius 1 is 1.42 bits per heavy atom. The molecule has 1 aliphatic carbocycles. The van der Waals surface area contributed by atoms with Crippen molar-refractivity contribution in [3.05, 3.63) is 34.1 Å². The molecule has 0 atom stereocenters. The minimum Gasteiger partial charge on any atom is -0.493 e. The number of hydrogen-bond donors (Lipinski definition) is 1. The second kappa shape index (κ2) is 5.77. The standard InChI is InChI=1S/C13H16FNO3S/c14-11-7-10(3-4-12(11)15(16)17)18-8-13(9-19)5-1-2-6-13/h3-4,7,19H,1-2,5-6,8-9H2. The summed E-state index contributed by atoms with van der Waals surface area (Å²) < 4.78 is 19.0. The van der Waals surface area contributed by atoms with Gasteiger partial charge in [-0.3, -0.25) is 10.1 Å². The van der Waals surface area contributed by atoms with E-state index in [1.807, 2.05) is 0 Å². The average Bonchev–Trinajstić information content (AvgIpc) is 2.85. The van der Waals surface area contributed by atoms with E-state index < -0.39 is 16.4 Å². The lowest BCUT2D eigenvalue weighted by Crippen LogP contribution is -2.27. The van der Waals surface area contributed by atoms with Crippen molar-refractivity contribution in [2.45, 2.75) is 25.7 Å². The first-order chi connectivity index (χ1) is 9.06.